The highest BCUT2D eigenvalue weighted by atomic mass is 32.2. The Hall–Kier alpha value is -0.500. The molecule has 0 spiro atoms. The molecular weight excluding hydrogens is 234 g/mol. The van der Waals surface area contributed by atoms with E-state index in [4.69, 9.17) is 5.73 Å². The fraction of sp³-hybridized carbons (Fsp3) is 0.625. The van der Waals surface area contributed by atoms with Crippen LogP contribution in [0.25, 0.3) is 0 Å². The van der Waals surface area contributed by atoms with Crippen LogP contribution in [0.5, 0.6) is 0 Å². The van der Waals surface area contributed by atoms with Crippen molar-refractivity contribution in [2.45, 2.75) is 19.9 Å². The van der Waals surface area contributed by atoms with E-state index in [9.17, 15) is 8.42 Å². The van der Waals surface area contributed by atoms with Crippen molar-refractivity contribution < 1.29 is 8.42 Å². The van der Waals surface area contributed by atoms with E-state index in [1.807, 2.05) is 6.92 Å². The van der Waals surface area contributed by atoms with Gasteiger partial charge in [-0.05, 0) is 19.9 Å². The number of thiazole rings is 1. The molecule has 15 heavy (non-hydrogen) atoms. The second kappa shape index (κ2) is 5.55. The fourth-order valence-corrected chi connectivity index (χ4v) is 2.88. The van der Waals surface area contributed by atoms with E-state index in [0.717, 1.165) is 10.6 Å². The molecule has 0 saturated heterocycles. The molecule has 0 atom stereocenters. The lowest BCUT2D eigenvalue weighted by Crippen LogP contribution is -2.26. The fourth-order valence-electron chi connectivity index (χ4n) is 1.02. The average Bonchev–Trinajstić information content (AvgIpc) is 2.58. The Morgan fingerprint density at radius 3 is 2.87 bits per heavy atom. The molecule has 0 radical (unpaired) electrons. The van der Waals surface area contributed by atoms with Gasteiger partial charge in [0, 0.05) is 11.4 Å². The molecule has 1 rings (SSSR count). The minimum atomic E-state index is -3.19. The number of nitrogens with two attached hydrogens (primary N) is 1. The third-order valence-corrected chi connectivity index (χ3v) is 4.26. The zero-order chi connectivity index (χ0) is 11.3. The van der Waals surface area contributed by atoms with Crippen LogP contribution >= 0.6 is 11.3 Å². The molecule has 1 aromatic heterocycles. The van der Waals surface area contributed by atoms with Crippen molar-refractivity contribution in [1.29, 1.82) is 0 Å². The number of nitrogens with one attached hydrogen (secondary N) is 1. The Morgan fingerprint density at radius 1 is 1.60 bits per heavy atom. The summed E-state index contributed by atoms with van der Waals surface area (Å²) in [6.45, 7) is 2.57. The summed E-state index contributed by atoms with van der Waals surface area (Å²) in [5.74, 6) is 0.0847. The van der Waals surface area contributed by atoms with Crippen molar-refractivity contribution >= 4 is 21.4 Å². The van der Waals surface area contributed by atoms with Crippen molar-refractivity contribution in [2.75, 3.05) is 12.3 Å². The monoisotopic (exact) mass is 249 g/mol. The van der Waals surface area contributed by atoms with E-state index in [0.29, 0.717) is 19.5 Å². The summed E-state index contributed by atoms with van der Waals surface area (Å²) in [4.78, 5) is 4.99. The summed E-state index contributed by atoms with van der Waals surface area (Å²) < 4.78 is 25.4. The molecule has 0 aromatic carbocycles. The van der Waals surface area contributed by atoms with Gasteiger partial charge in [0.25, 0.3) is 0 Å². The van der Waals surface area contributed by atoms with Gasteiger partial charge in [0.1, 0.15) is 0 Å². The number of rotatable bonds is 6. The Bertz CT molecular complexity index is 400. The van der Waals surface area contributed by atoms with Crippen LogP contribution in [0.2, 0.25) is 0 Å². The van der Waals surface area contributed by atoms with Crippen LogP contribution in [-0.2, 0) is 16.6 Å². The van der Waals surface area contributed by atoms with Gasteiger partial charge >= 0.3 is 0 Å². The first-order valence-electron chi connectivity index (χ1n) is 4.61. The molecular formula is C8H15N3O2S2. The smallest absolute Gasteiger partial charge is 0.211 e. The molecule has 0 fully saturated rings. The number of hydrogen-bond donors (Lipinski definition) is 2. The third kappa shape index (κ3) is 4.25. The first kappa shape index (κ1) is 12.6. The van der Waals surface area contributed by atoms with Crippen LogP contribution in [0.3, 0.4) is 0 Å². The molecule has 7 heteroatoms. The highest BCUT2D eigenvalue weighted by Gasteiger charge is 2.10. The van der Waals surface area contributed by atoms with Gasteiger partial charge in [-0.15, -0.1) is 11.3 Å². The lowest BCUT2D eigenvalue weighted by Gasteiger charge is -2.04. The molecule has 86 valence electrons. The summed E-state index contributed by atoms with van der Waals surface area (Å²) in [7, 11) is -3.19. The van der Waals surface area contributed by atoms with Crippen molar-refractivity contribution in [3.05, 3.63) is 16.1 Å². The van der Waals surface area contributed by atoms with E-state index < -0.39 is 10.0 Å². The maximum absolute atomic E-state index is 11.4. The molecule has 0 aliphatic carbocycles. The molecule has 5 nitrogen and oxygen atoms in total. The maximum Gasteiger partial charge on any atom is 0.211 e. The number of sulfonamides is 1. The minimum absolute atomic E-state index is 0.0847. The Kier molecular flexibility index (Phi) is 4.65. The summed E-state index contributed by atoms with van der Waals surface area (Å²) in [5, 5.41) is 0. The maximum atomic E-state index is 11.4. The normalized spacial score (nSPS) is 11.9. The Balaban J connectivity index is 2.46. The van der Waals surface area contributed by atoms with Gasteiger partial charge in [-0.3, -0.25) is 0 Å². The van der Waals surface area contributed by atoms with Crippen LogP contribution < -0.4 is 10.5 Å². The summed E-state index contributed by atoms with van der Waals surface area (Å²) in [5.41, 5.74) is 7.83. The molecule has 0 aliphatic rings. The number of hydrogen-bond acceptors (Lipinski definition) is 5. The molecule has 0 amide bonds. The lowest BCUT2D eigenvalue weighted by molar-refractivity contribution is 0.579. The van der Waals surface area contributed by atoms with Crippen LogP contribution in [0.1, 0.15) is 17.0 Å². The predicted molar refractivity (Wildman–Crippen MR) is 61.1 cm³/mol. The van der Waals surface area contributed by atoms with Gasteiger partial charge in [0.15, 0.2) is 0 Å². The van der Waals surface area contributed by atoms with Crippen molar-refractivity contribution in [3.8, 4) is 0 Å². The van der Waals surface area contributed by atoms with E-state index in [1.165, 1.54) is 11.3 Å². The Morgan fingerprint density at radius 2 is 2.33 bits per heavy atom. The van der Waals surface area contributed by atoms with Gasteiger partial charge in [0.2, 0.25) is 10.0 Å². The summed E-state index contributed by atoms with van der Waals surface area (Å²) >= 11 is 1.45. The van der Waals surface area contributed by atoms with Gasteiger partial charge in [-0.25, -0.2) is 18.1 Å². The quantitative estimate of drug-likeness (QED) is 0.755. The van der Waals surface area contributed by atoms with Crippen LogP contribution in [0.15, 0.2) is 5.51 Å². The lowest BCUT2D eigenvalue weighted by atomic mass is 10.4. The first-order chi connectivity index (χ1) is 7.05. The predicted octanol–water partition coefficient (Wildman–Crippen LogP) is 0.220. The third-order valence-electron chi connectivity index (χ3n) is 1.91. The van der Waals surface area contributed by atoms with E-state index >= 15 is 0 Å². The van der Waals surface area contributed by atoms with Gasteiger partial charge < -0.3 is 5.73 Å². The van der Waals surface area contributed by atoms with E-state index in [-0.39, 0.29) is 5.75 Å². The number of aromatic nitrogens is 1. The van der Waals surface area contributed by atoms with E-state index in [1.54, 1.807) is 5.51 Å². The highest BCUT2D eigenvalue weighted by molar-refractivity contribution is 7.89. The standard InChI is InChI=1S/C8H15N3O2S2/c1-7-8(14-6-10-7)5-11-15(12,13)4-2-3-9/h6,11H,2-5,9H2,1H3. The summed E-state index contributed by atoms with van der Waals surface area (Å²) in [6.07, 6.45) is 0.483. The van der Waals surface area contributed by atoms with Gasteiger partial charge in [-0.1, -0.05) is 0 Å². The molecule has 1 aromatic rings. The van der Waals surface area contributed by atoms with Crippen molar-refractivity contribution in [3.63, 3.8) is 0 Å². The molecule has 3 N–H and O–H groups in total. The molecule has 0 saturated carbocycles. The number of nitrogens with zero attached hydrogens (tertiary/aromatic N) is 1. The van der Waals surface area contributed by atoms with Crippen LogP contribution in [-0.4, -0.2) is 25.7 Å². The second-order valence-electron chi connectivity index (χ2n) is 3.14. The molecule has 1 heterocycles. The first-order valence-corrected chi connectivity index (χ1v) is 7.15. The molecule has 0 bridgehead atoms. The molecule has 0 aliphatic heterocycles. The SMILES string of the molecule is Cc1ncsc1CNS(=O)(=O)CCCN. The van der Waals surface area contributed by atoms with Crippen molar-refractivity contribution in [2.24, 2.45) is 5.73 Å². The van der Waals surface area contributed by atoms with Crippen LogP contribution in [0.4, 0.5) is 0 Å². The zero-order valence-corrected chi connectivity index (χ0v) is 10.2. The minimum Gasteiger partial charge on any atom is -0.330 e. The number of aryl methyl sites for hydroxylation is 1. The van der Waals surface area contributed by atoms with Gasteiger partial charge in [0.05, 0.1) is 17.0 Å². The summed E-state index contributed by atoms with van der Waals surface area (Å²) in [6, 6.07) is 0. The topological polar surface area (TPSA) is 85.1 Å². The van der Waals surface area contributed by atoms with Crippen LogP contribution in [0, 0.1) is 6.92 Å². The van der Waals surface area contributed by atoms with Crippen molar-refractivity contribution in [1.82, 2.24) is 9.71 Å². The zero-order valence-electron chi connectivity index (χ0n) is 8.56. The largest absolute Gasteiger partial charge is 0.330 e. The van der Waals surface area contributed by atoms with Gasteiger partial charge in [-0.2, -0.15) is 0 Å². The second-order valence-corrected chi connectivity index (χ2v) is 6.01. The Labute approximate surface area is 93.8 Å². The van der Waals surface area contributed by atoms with E-state index in [2.05, 4.69) is 9.71 Å². The average molecular weight is 249 g/mol. The molecule has 0 unspecified atom stereocenters. The highest BCUT2D eigenvalue weighted by Crippen LogP contribution is 2.11.